The third-order valence-corrected chi connectivity index (χ3v) is 4.04. The van der Waals surface area contributed by atoms with Crippen LogP contribution in [0.25, 0.3) is 11.0 Å². The molecule has 0 aliphatic carbocycles. The molecule has 0 aliphatic rings. The summed E-state index contributed by atoms with van der Waals surface area (Å²) in [5, 5.41) is 0.587. The Hall–Kier alpha value is -2.93. The van der Waals surface area contributed by atoms with Crippen LogP contribution in [0.3, 0.4) is 0 Å². The van der Waals surface area contributed by atoms with Crippen LogP contribution in [0.5, 0.6) is 0 Å². The van der Waals surface area contributed by atoms with E-state index in [0.717, 1.165) is 10.0 Å². The predicted octanol–water partition coefficient (Wildman–Crippen LogP) is 2.94. The van der Waals surface area contributed by atoms with Gasteiger partial charge in [-0.05, 0) is 43.3 Å². The Kier molecular flexibility index (Phi) is 4.67. The molecule has 25 heavy (non-hydrogen) atoms. The number of carbonyl (C=O) groups is 2. The highest BCUT2D eigenvalue weighted by atomic mass is 79.9. The summed E-state index contributed by atoms with van der Waals surface area (Å²) < 4.78 is 5.91. The Morgan fingerprint density at radius 2 is 1.64 bits per heavy atom. The van der Waals surface area contributed by atoms with Crippen molar-refractivity contribution in [3.63, 3.8) is 0 Å². The zero-order chi connectivity index (χ0) is 18.0. The minimum absolute atomic E-state index is 0.199. The second-order valence-electron chi connectivity index (χ2n) is 5.40. The highest BCUT2D eigenvalue weighted by molar-refractivity contribution is 9.10. The van der Waals surface area contributed by atoms with E-state index >= 15 is 0 Å². The lowest BCUT2D eigenvalue weighted by molar-refractivity contribution is 0.0844. The lowest BCUT2D eigenvalue weighted by Gasteiger charge is -2.07. The first-order valence-electron chi connectivity index (χ1n) is 7.35. The summed E-state index contributed by atoms with van der Waals surface area (Å²) in [6.45, 7) is 1.90. The third kappa shape index (κ3) is 3.77. The molecule has 1 aromatic heterocycles. The van der Waals surface area contributed by atoms with E-state index in [4.69, 9.17) is 4.42 Å². The van der Waals surface area contributed by atoms with Gasteiger partial charge in [-0.3, -0.25) is 20.4 Å². The van der Waals surface area contributed by atoms with E-state index < -0.39 is 17.4 Å². The molecule has 0 saturated carbocycles. The highest BCUT2D eigenvalue weighted by Crippen LogP contribution is 2.19. The van der Waals surface area contributed by atoms with Crippen LogP contribution in [-0.2, 0) is 0 Å². The third-order valence-electron chi connectivity index (χ3n) is 3.54. The maximum Gasteiger partial charge on any atom is 0.349 e. The summed E-state index contributed by atoms with van der Waals surface area (Å²) in [5.41, 5.74) is 5.29. The molecule has 0 unspecified atom stereocenters. The second kappa shape index (κ2) is 6.90. The largest absolute Gasteiger partial charge is 0.422 e. The summed E-state index contributed by atoms with van der Waals surface area (Å²) in [5.74, 6) is -1.24. The maximum absolute atomic E-state index is 12.2. The van der Waals surface area contributed by atoms with Gasteiger partial charge in [-0.1, -0.05) is 33.6 Å². The highest BCUT2D eigenvalue weighted by Gasteiger charge is 2.15. The number of aryl methyl sites for hydroxylation is 1. The first-order chi connectivity index (χ1) is 11.9. The van der Waals surface area contributed by atoms with Crippen molar-refractivity contribution in [1.29, 1.82) is 0 Å². The van der Waals surface area contributed by atoms with Crippen LogP contribution in [0.1, 0.15) is 26.3 Å². The Balaban J connectivity index is 1.78. The molecule has 0 spiro atoms. The first kappa shape index (κ1) is 16.9. The van der Waals surface area contributed by atoms with Crippen molar-refractivity contribution in [1.82, 2.24) is 10.9 Å². The Morgan fingerprint density at radius 3 is 2.36 bits per heavy atom. The molecule has 0 aliphatic heterocycles. The summed E-state index contributed by atoms with van der Waals surface area (Å²) >= 11 is 3.32. The van der Waals surface area contributed by atoms with Gasteiger partial charge in [0.2, 0.25) is 0 Å². The average molecular weight is 401 g/mol. The van der Waals surface area contributed by atoms with Gasteiger partial charge in [-0.25, -0.2) is 4.79 Å². The topological polar surface area (TPSA) is 88.4 Å². The van der Waals surface area contributed by atoms with Gasteiger partial charge in [-0.2, -0.15) is 0 Å². The molecule has 3 aromatic rings. The van der Waals surface area contributed by atoms with Crippen LogP contribution in [0, 0.1) is 6.92 Å². The Bertz CT molecular complexity index is 1030. The molecule has 7 heteroatoms. The first-order valence-corrected chi connectivity index (χ1v) is 8.14. The molecular weight excluding hydrogens is 388 g/mol. The van der Waals surface area contributed by atoms with Crippen LogP contribution >= 0.6 is 15.9 Å². The van der Waals surface area contributed by atoms with E-state index in [1.165, 1.54) is 6.07 Å². The monoisotopic (exact) mass is 400 g/mol. The van der Waals surface area contributed by atoms with Crippen LogP contribution in [-0.4, -0.2) is 11.8 Å². The number of halogens is 1. The molecule has 2 N–H and O–H groups in total. The lowest BCUT2D eigenvalue weighted by Crippen LogP contribution is -2.43. The number of nitrogens with one attached hydrogen (secondary N) is 2. The van der Waals surface area contributed by atoms with Gasteiger partial charge in [0.25, 0.3) is 11.8 Å². The molecular formula is C18H13BrN2O4. The predicted molar refractivity (Wildman–Crippen MR) is 96.3 cm³/mol. The number of rotatable bonds is 2. The van der Waals surface area contributed by atoms with Gasteiger partial charge in [0.1, 0.15) is 11.1 Å². The van der Waals surface area contributed by atoms with Crippen LogP contribution in [0.15, 0.2) is 62.2 Å². The fraction of sp³-hybridized carbons (Fsp3) is 0.0556. The van der Waals surface area contributed by atoms with Gasteiger partial charge in [0, 0.05) is 15.4 Å². The molecule has 0 bridgehead atoms. The molecule has 1 heterocycles. The molecule has 126 valence electrons. The Morgan fingerprint density at radius 1 is 0.960 bits per heavy atom. The number of hydrogen-bond acceptors (Lipinski definition) is 4. The van der Waals surface area contributed by atoms with Crippen molar-refractivity contribution in [2.75, 3.05) is 0 Å². The molecule has 0 saturated heterocycles. The zero-order valence-corrected chi connectivity index (χ0v) is 14.7. The van der Waals surface area contributed by atoms with Crippen LogP contribution in [0.4, 0.5) is 0 Å². The van der Waals surface area contributed by atoms with Crippen molar-refractivity contribution in [3.8, 4) is 0 Å². The van der Waals surface area contributed by atoms with Crippen LogP contribution in [0.2, 0.25) is 0 Å². The van der Waals surface area contributed by atoms with Crippen molar-refractivity contribution < 1.29 is 14.0 Å². The molecule has 2 aromatic carbocycles. The van der Waals surface area contributed by atoms with Crippen molar-refractivity contribution >= 4 is 38.7 Å². The van der Waals surface area contributed by atoms with E-state index in [0.29, 0.717) is 16.5 Å². The fourth-order valence-corrected chi connectivity index (χ4v) is 2.59. The molecule has 2 amide bonds. The molecule has 0 radical (unpaired) electrons. The summed E-state index contributed by atoms with van der Waals surface area (Å²) in [6, 6.07) is 13.3. The van der Waals surface area contributed by atoms with Gasteiger partial charge < -0.3 is 4.42 Å². The van der Waals surface area contributed by atoms with Crippen molar-refractivity contribution in [3.05, 3.63) is 80.1 Å². The fourth-order valence-electron chi connectivity index (χ4n) is 2.21. The Labute approximate surface area is 150 Å². The standard InChI is InChI=1S/C18H13BrN2O4/c1-10-2-4-11(5-3-10)16(22)20-21-17(23)14-9-12-8-13(19)6-7-15(12)25-18(14)24/h2-9H,1H3,(H,20,22)(H,21,23). The van der Waals surface area contributed by atoms with E-state index in [1.54, 1.807) is 42.5 Å². The molecule has 0 atom stereocenters. The number of hydrazine groups is 1. The number of fused-ring (bicyclic) bond motifs is 1. The number of hydrogen-bond donors (Lipinski definition) is 2. The quantitative estimate of drug-likeness (QED) is 0.511. The summed E-state index contributed by atoms with van der Waals surface area (Å²) in [4.78, 5) is 36.1. The molecule has 3 rings (SSSR count). The number of amides is 2. The van der Waals surface area contributed by atoms with E-state index in [1.807, 2.05) is 6.92 Å². The van der Waals surface area contributed by atoms with Crippen LogP contribution < -0.4 is 16.5 Å². The van der Waals surface area contributed by atoms with Gasteiger partial charge in [-0.15, -0.1) is 0 Å². The number of carbonyl (C=O) groups excluding carboxylic acids is 2. The van der Waals surface area contributed by atoms with Gasteiger partial charge >= 0.3 is 5.63 Å². The van der Waals surface area contributed by atoms with E-state index in [-0.39, 0.29) is 5.56 Å². The van der Waals surface area contributed by atoms with Gasteiger partial charge in [0.05, 0.1) is 0 Å². The average Bonchev–Trinajstić information content (AvgIpc) is 2.59. The van der Waals surface area contributed by atoms with Gasteiger partial charge in [0.15, 0.2) is 0 Å². The van der Waals surface area contributed by atoms with Crippen molar-refractivity contribution in [2.24, 2.45) is 0 Å². The molecule has 0 fully saturated rings. The smallest absolute Gasteiger partial charge is 0.349 e. The zero-order valence-electron chi connectivity index (χ0n) is 13.1. The molecule has 6 nitrogen and oxygen atoms in total. The number of benzene rings is 2. The normalized spacial score (nSPS) is 10.5. The SMILES string of the molecule is Cc1ccc(C(=O)NNC(=O)c2cc3cc(Br)ccc3oc2=O)cc1. The summed E-state index contributed by atoms with van der Waals surface area (Å²) in [6.07, 6.45) is 0. The van der Waals surface area contributed by atoms with E-state index in [9.17, 15) is 14.4 Å². The minimum Gasteiger partial charge on any atom is -0.422 e. The van der Waals surface area contributed by atoms with Crippen molar-refractivity contribution in [2.45, 2.75) is 6.92 Å². The second-order valence-corrected chi connectivity index (χ2v) is 6.32. The maximum atomic E-state index is 12.2. The van der Waals surface area contributed by atoms with E-state index in [2.05, 4.69) is 26.8 Å². The minimum atomic E-state index is -0.781. The lowest BCUT2D eigenvalue weighted by atomic mass is 10.1. The summed E-state index contributed by atoms with van der Waals surface area (Å²) in [7, 11) is 0.